The lowest BCUT2D eigenvalue weighted by Gasteiger charge is -2.05. The molecule has 1 heterocycles. The maximum Gasteiger partial charge on any atom is 0.272 e. The lowest BCUT2D eigenvalue weighted by Crippen LogP contribution is -2.12. The van der Waals surface area contributed by atoms with Gasteiger partial charge in [-0.2, -0.15) is 0 Å². The molecule has 2 aromatic rings. The fraction of sp³-hybridized carbons (Fsp3) is 0.0833. The molecule has 1 amide bonds. The largest absolute Gasteiger partial charge is 0.392 e. The maximum atomic E-state index is 11.8. The highest BCUT2D eigenvalue weighted by atomic mass is 79.9. The summed E-state index contributed by atoms with van der Waals surface area (Å²) < 4.78 is 0.826. The summed E-state index contributed by atoms with van der Waals surface area (Å²) >= 11 is 3.26. The van der Waals surface area contributed by atoms with Crippen LogP contribution in [0, 0.1) is 0 Å². The summed E-state index contributed by atoms with van der Waals surface area (Å²) in [6.45, 7) is -0.0439. The van der Waals surface area contributed by atoms with Crippen molar-refractivity contribution < 1.29 is 9.90 Å². The average Bonchev–Trinajstić information content (AvgIpc) is 2.76. The Morgan fingerprint density at radius 3 is 2.88 bits per heavy atom. The van der Waals surface area contributed by atoms with Crippen molar-refractivity contribution >= 4 is 27.5 Å². The van der Waals surface area contributed by atoms with Gasteiger partial charge in [0.1, 0.15) is 5.69 Å². The van der Waals surface area contributed by atoms with Gasteiger partial charge in [0, 0.05) is 16.4 Å². The number of carbonyl (C=O) groups excluding carboxylic acids is 1. The molecule has 0 fully saturated rings. The van der Waals surface area contributed by atoms with Crippen molar-refractivity contribution in [1.29, 1.82) is 0 Å². The lowest BCUT2D eigenvalue weighted by molar-refractivity contribution is 0.102. The van der Waals surface area contributed by atoms with E-state index < -0.39 is 0 Å². The molecule has 2 rings (SSSR count). The van der Waals surface area contributed by atoms with Gasteiger partial charge in [-0.3, -0.25) is 4.79 Å². The van der Waals surface area contributed by atoms with Gasteiger partial charge in [-0.15, -0.1) is 0 Å². The topological polar surface area (TPSA) is 65.1 Å². The Morgan fingerprint density at radius 1 is 1.41 bits per heavy atom. The standard InChI is InChI=1S/C12H11BrN2O2/c13-9-5-11(14-6-9)12(17)15-10-3-1-2-8(4-10)7-16/h1-6,14,16H,7H2,(H,15,17). The first-order valence-corrected chi connectivity index (χ1v) is 5.83. The number of nitrogens with one attached hydrogen (secondary N) is 2. The van der Waals surface area contributed by atoms with Crippen molar-refractivity contribution in [3.63, 3.8) is 0 Å². The van der Waals surface area contributed by atoms with Gasteiger partial charge in [-0.05, 0) is 39.7 Å². The molecular weight excluding hydrogens is 284 g/mol. The predicted molar refractivity (Wildman–Crippen MR) is 68.8 cm³/mol. The lowest BCUT2D eigenvalue weighted by atomic mass is 10.2. The molecule has 0 saturated heterocycles. The number of rotatable bonds is 3. The monoisotopic (exact) mass is 294 g/mol. The van der Waals surface area contributed by atoms with Crippen molar-refractivity contribution in [2.75, 3.05) is 5.32 Å². The number of H-pyrrole nitrogens is 1. The number of benzene rings is 1. The Bertz CT molecular complexity index is 537. The highest BCUT2D eigenvalue weighted by Crippen LogP contribution is 2.14. The van der Waals surface area contributed by atoms with Crippen molar-refractivity contribution in [2.45, 2.75) is 6.61 Å². The van der Waals surface area contributed by atoms with Crippen LogP contribution in [0.25, 0.3) is 0 Å². The van der Waals surface area contributed by atoms with E-state index >= 15 is 0 Å². The first kappa shape index (κ1) is 11.9. The number of anilines is 1. The molecule has 0 atom stereocenters. The zero-order chi connectivity index (χ0) is 12.3. The SMILES string of the molecule is O=C(Nc1cccc(CO)c1)c1cc(Br)c[nH]1. The fourth-order valence-electron chi connectivity index (χ4n) is 1.44. The molecule has 0 radical (unpaired) electrons. The van der Waals surface area contributed by atoms with Crippen LogP contribution in [-0.4, -0.2) is 16.0 Å². The van der Waals surface area contributed by atoms with Gasteiger partial charge in [0.25, 0.3) is 5.91 Å². The number of carbonyl (C=O) groups is 1. The van der Waals surface area contributed by atoms with Crippen molar-refractivity contribution in [3.05, 3.63) is 52.3 Å². The number of hydrogen-bond donors (Lipinski definition) is 3. The summed E-state index contributed by atoms with van der Waals surface area (Å²) in [7, 11) is 0. The molecule has 0 saturated carbocycles. The molecule has 0 unspecified atom stereocenters. The van der Waals surface area contributed by atoms with E-state index in [-0.39, 0.29) is 12.5 Å². The van der Waals surface area contributed by atoms with E-state index in [9.17, 15) is 4.79 Å². The van der Waals surface area contributed by atoms with Crippen molar-refractivity contribution in [2.24, 2.45) is 0 Å². The normalized spacial score (nSPS) is 10.2. The third-order valence-electron chi connectivity index (χ3n) is 2.26. The van der Waals surface area contributed by atoms with Crippen LogP contribution in [-0.2, 0) is 6.61 Å². The van der Waals surface area contributed by atoms with Crippen LogP contribution in [0.5, 0.6) is 0 Å². The number of aliphatic hydroxyl groups excluding tert-OH is 1. The highest BCUT2D eigenvalue weighted by Gasteiger charge is 2.08. The molecule has 0 bridgehead atoms. The van der Waals surface area contributed by atoms with E-state index in [1.54, 1.807) is 36.5 Å². The smallest absolute Gasteiger partial charge is 0.272 e. The van der Waals surface area contributed by atoms with Crippen LogP contribution in [0.1, 0.15) is 16.1 Å². The van der Waals surface area contributed by atoms with E-state index in [0.29, 0.717) is 11.4 Å². The van der Waals surface area contributed by atoms with Crippen LogP contribution >= 0.6 is 15.9 Å². The number of hydrogen-bond acceptors (Lipinski definition) is 2. The summed E-state index contributed by atoms with van der Waals surface area (Å²) in [5, 5.41) is 11.7. The van der Waals surface area contributed by atoms with Crippen LogP contribution < -0.4 is 5.32 Å². The summed E-state index contributed by atoms with van der Waals surface area (Å²) in [6, 6.07) is 8.78. The zero-order valence-electron chi connectivity index (χ0n) is 8.90. The molecule has 0 aliphatic heterocycles. The Hall–Kier alpha value is -1.59. The summed E-state index contributed by atoms with van der Waals surface area (Å²) in [4.78, 5) is 14.6. The molecular formula is C12H11BrN2O2. The van der Waals surface area contributed by atoms with Crippen molar-refractivity contribution in [1.82, 2.24) is 4.98 Å². The maximum absolute atomic E-state index is 11.8. The molecule has 3 N–H and O–H groups in total. The van der Waals surface area contributed by atoms with Gasteiger partial charge in [0.15, 0.2) is 0 Å². The Morgan fingerprint density at radius 2 is 2.24 bits per heavy atom. The molecule has 0 aliphatic rings. The molecule has 1 aromatic carbocycles. The second kappa shape index (κ2) is 5.16. The van der Waals surface area contributed by atoms with Crippen LogP contribution in [0.3, 0.4) is 0 Å². The quantitative estimate of drug-likeness (QED) is 0.814. The van der Waals surface area contributed by atoms with Gasteiger partial charge in [0.2, 0.25) is 0 Å². The first-order valence-electron chi connectivity index (χ1n) is 5.04. The number of halogens is 1. The van der Waals surface area contributed by atoms with Crippen LogP contribution in [0.15, 0.2) is 41.0 Å². The van der Waals surface area contributed by atoms with E-state index in [4.69, 9.17) is 5.11 Å². The van der Waals surface area contributed by atoms with Gasteiger partial charge in [0.05, 0.1) is 6.61 Å². The van der Waals surface area contributed by atoms with Gasteiger partial charge in [-0.25, -0.2) is 0 Å². The Balaban J connectivity index is 2.12. The number of aromatic amines is 1. The Kier molecular flexibility index (Phi) is 3.61. The number of aromatic nitrogens is 1. The molecule has 0 aliphatic carbocycles. The third kappa shape index (κ3) is 2.95. The van der Waals surface area contributed by atoms with E-state index in [1.165, 1.54) is 0 Å². The Labute approximate surface area is 107 Å². The van der Waals surface area contributed by atoms with E-state index in [0.717, 1.165) is 10.0 Å². The highest BCUT2D eigenvalue weighted by molar-refractivity contribution is 9.10. The molecule has 17 heavy (non-hydrogen) atoms. The van der Waals surface area contributed by atoms with E-state index in [2.05, 4.69) is 26.2 Å². The van der Waals surface area contributed by atoms with Gasteiger partial charge in [-0.1, -0.05) is 12.1 Å². The van der Waals surface area contributed by atoms with E-state index in [1.807, 2.05) is 0 Å². The van der Waals surface area contributed by atoms with Crippen LogP contribution in [0.2, 0.25) is 0 Å². The molecule has 88 valence electrons. The van der Waals surface area contributed by atoms with Gasteiger partial charge >= 0.3 is 0 Å². The zero-order valence-corrected chi connectivity index (χ0v) is 10.5. The average molecular weight is 295 g/mol. The summed E-state index contributed by atoms with van der Waals surface area (Å²) in [5.41, 5.74) is 1.90. The minimum Gasteiger partial charge on any atom is -0.392 e. The minimum absolute atomic E-state index is 0.0439. The fourth-order valence-corrected chi connectivity index (χ4v) is 1.79. The first-order chi connectivity index (χ1) is 8.19. The summed E-state index contributed by atoms with van der Waals surface area (Å²) in [5.74, 6) is -0.217. The minimum atomic E-state index is -0.217. The molecule has 0 spiro atoms. The predicted octanol–water partition coefficient (Wildman–Crippen LogP) is 2.52. The molecule has 5 heteroatoms. The number of aliphatic hydroxyl groups is 1. The summed E-state index contributed by atoms with van der Waals surface area (Å²) in [6.07, 6.45) is 1.69. The third-order valence-corrected chi connectivity index (χ3v) is 2.72. The second-order valence-electron chi connectivity index (χ2n) is 3.54. The van der Waals surface area contributed by atoms with Crippen molar-refractivity contribution in [3.8, 4) is 0 Å². The second-order valence-corrected chi connectivity index (χ2v) is 4.46. The van der Waals surface area contributed by atoms with Crippen LogP contribution in [0.4, 0.5) is 5.69 Å². The molecule has 1 aromatic heterocycles. The molecule has 4 nitrogen and oxygen atoms in total. The van der Waals surface area contributed by atoms with Gasteiger partial charge < -0.3 is 15.4 Å². The number of amides is 1.